The number of morpholine rings is 1. The summed E-state index contributed by atoms with van der Waals surface area (Å²) in [5, 5.41) is 10.9. The number of likely N-dealkylation sites (N-methyl/N-ethyl adjacent to an activating group) is 1. The molecule has 1 N–H and O–H groups in total. The van der Waals surface area contributed by atoms with Gasteiger partial charge in [-0.3, -0.25) is 4.79 Å². The van der Waals surface area contributed by atoms with Gasteiger partial charge in [0.25, 0.3) is 0 Å². The van der Waals surface area contributed by atoms with Crippen molar-refractivity contribution in [3.8, 4) is 0 Å². The van der Waals surface area contributed by atoms with Crippen LogP contribution in [0.2, 0.25) is 0 Å². The van der Waals surface area contributed by atoms with Crippen molar-refractivity contribution in [2.24, 2.45) is 0 Å². The third kappa shape index (κ3) is 1.81. The Hall–Kier alpha value is -1.40. The van der Waals surface area contributed by atoms with E-state index in [0.717, 1.165) is 4.88 Å². The minimum atomic E-state index is -1.04. The van der Waals surface area contributed by atoms with Crippen molar-refractivity contribution >= 4 is 23.2 Å². The fraction of sp³-hybridized carbons (Fsp3) is 0.400. The predicted octanol–water partition coefficient (Wildman–Crippen LogP) is 0.731. The van der Waals surface area contributed by atoms with Crippen molar-refractivity contribution < 1.29 is 19.4 Å². The van der Waals surface area contributed by atoms with Gasteiger partial charge in [-0.05, 0) is 11.4 Å². The maximum absolute atomic E-state index is 11.5. The number of thiophene rings is 1. The van der Waals surface area contributed by atoms with Crippen LogP contribution in [0.3, 0.4) is 0 Å². The standard InChI is InChI=1S/C10H11NO4S/c1-11-7(12)5-15-9(10(13)14)8(11)6-3-2-4-16-6/h2-4,8-9H,5H2,1H3,(H,13,14)/t8-,9+/m1/s1. The number of rotatable bonds is 2. The number of carboxylic acids is 1. The molecule has 2 heterocycles. The molecule has 1 fully saturated rings. The Morgan fingerprint density at radius 1 is 1.69 bits per heavy atom. The molecular formula is C10H11NO4S. The molecule has 1 saturated heterocycles. The zero-order chi connectivity index (χ0) is 11.7. The third-order valence-electron chi connectivity index (χ3n) is 2.56. The van der Waals surface area contributed by atoms with Crippen molar-refractivity contribution in [2.45, 2.75) is 12.1 Å². The smallest absolute Gasteiger partial charge is 0.335 e. The molecule has 0 unspecified atom stereocenters. The number of hydrogen-bond acceptors (Lipinski definition) is 4. The zero-order valence-electron chi connectivity index (χ0n) is 8.62. The van der Waals surface area contributed by atoms with E-state index in [0.29, 0.717) is 0 Å². The van der Waals surface area contributed by atoms with Gasteiger partial charge in [-0.15, -0.1) is 11.3 Å². The quantitative estimate of drug-likeness (QED) is 0.829. The molecule has 1 amide bonds. The van der Waals surface area contributed by atoms with Gasteiger partial charge in [0.2, 0.25) is 5.91 Å². The first kappa shape index (κ1) is 11.1. The van der Waals surface area contributed by atoms with Crippen LogP contribution in [-0.2, 0) is 14.3 Å². The molecule has 1 aliphatic heterocycles. The van der Waals surface area contributed by atoms with Gasteiger partial charge in [-0.25, -0.2) is 4.79 Å². The molecule has 6 heteroatoms. The monoisotopic (exact) mass is 241 g/mol. The minimum absolute atomic E-state index is 0.171. The summed E-state index contributed by atoms with van der Waals surface area (Å²) >= 11 is 1.42. The van der Waals surface area contributed by atoms with Crippen LogP contribution in [0, 0.1) is 0 Å². The Balaban J connectivity index is 2.34. The first-order valence-electron chi connectivity index (χ1n) is 4.74. The van der Waals surface area contributed by atoms with E-state index in [1.807, 2.05) is 17.5 Å². The summed E-state index contributed by atoms with van der Waals surface area (Å²) in [5.41, 5.74) is 0. The van der Waals surface area contributed by atoms with Gasteiger partial charge in [0.15, 0.2) is 6.10 Å². The molecule has 86 valence electrons. The summed E-state index contributed by atoms with van der Waals surface area (Å²) < 4.78 is 5.07. The number of hydrogen-bond donors (Lipinski definition) is 1. The van der Waals surface area contributed by atoms with Gasteiger partial charge in [0, 0.05) is 11.9 Å². The van der Waals surface area contributed by atoms with Crippen LogP contribution < -0.4 is 0 Å². The average molecular weight is 241 g/mol. The van der Waals surface area contributed by atoms with Crippen LogP contribution in [0.15, 0.2) is 17.5 Å². The molecule has 0 aromatic carbocycles. The fourth-order valence-corrected chi connectivity index (χ4v) is 2.61. The van der Waals surface area contributed by atoms with Gasteiger partial charge in [0.05, 0.1) is 0 Å². The van der Waals surface area contributed by atoms with Crippen LogP contribution >= 0.6 is 11.3 Å². The first-order chi connectivity index (χ1) is 7.61. The Morgan fingerprint density at radius 2 is 2.44 bits per heavy atom. The molecule has 0 spiro atoms. The number of carbonyl (C=O) groups excluding carboxylic acids is 1. The lowest BCUT2D eigenvalue weighted by Gasteiger charge is -2.36. The second kappa shape index (κ2) is 4.23. The topological polar surface area (TPSA) is 66.8 Å². The molecule has 1 aliphatic rings. The highest BCUT2D eigenvalue weighted by atomic mass is 32.1. The van der Waals surface area contributed by atoms with Gasteiger partial charge in [-0.1, -0.05) is 6.07 Å². The number of carbonyl (C=O) groups is 2. The number of aliphatic carboxylic acids is 1. The number of carboxylic acid groups (broad SMARTS) is 1. The summed E-state index contributed by atoms with van der Waals surface area (Å²) in [5.74, 6) is -1.24. The number of ether oxygens (including phenoxy) is 1. The second-order valence-electron chi connectivity index (χ2n) is 3.53. The van der Waals surface area contributed by atoms with E-state index in [2.05, 4.69) is 0 Å². The summed E-state index contributed by atoms with van der Waals surface area (Å²) in [7, 11) is 1.60. The molecular weight excluding hydrogens is 230 g/mol. The van der Waals surface area contributed by atoms with E-state index in [1.54, 1.807) is 7.05 Å². The zero-order valence-corrected chi connectivity index (χ0v) is 9.44. The summed E-state index contributed by atoms with van der Waals surface area (Å²) in [6.45, 7) is -0.171. The summed E-state index contributed by atoms with van der Waals surface area (Å²) in [6.07, 6.45) is -0.985. The fourth-order valence-electron chi connectivity index (χ4n) is 1.72. The van der Waals surface area contributed by atoms with Crippen LogP contribution in [0.25, 0.3) is 0 Å². The van der Waals surface area contributed by atoms with E-state index >= 15 is 0 Å². The molecule has 5 nitrogen and oxygen atoms in total. The third-order valence-corrected chi connectivity index (χ3v) is 3.50. The Kier molecular flexibility index (Phi) is 2.93. The van der Waals surface area contributed by atoms with Crippen LogP contribution in [0.5, 0.6) is 0 Å². The lowest BCUT2D eigenvalue weighted by Crippen LogP contribution is -2.49. The van der Waals surface area contributed by atoms with E-state index in [-0.39, 0.29) is 12.5 Å². The molecule has 1 aromatic heterocycles. The van der Waals surface area contributed by atoms with Crippen molar-refractivity contribution in [3.63, 3.8) is 0 Å². The molecule has 2 atom stereocenters. The van der Waals surface area contributed by atoms with Crippen LogP contribution in [0.1, 0.15) is 10.9 Å². The Labute approximate surface area is 96.2 Å². The molecule has 1 aromatic rings. The average Bonchev–Trinajstić information content (AvgIpc) is 2.74. The highest BCUT2D eigenvalue weighted by molar-refractivity contribution is 7.10. The maximum atomic E-state index is 11.5. The number of amides is 1. The van der Waals surface area contributed by atoms with Crippen molar-refractivity contribution in [1.29, 1.82) is 0 Å². The van der Waals surface area contributed by atoms with Gasteiger partial charge in [0.1, 0.15) is 12.6 Å². The van der Waals surface area contributed by atoms with E-state index < -0.39 is 18.1 Å². The van der Waals surface area contributed by atoms with Gasteiger partial charge >= 0.3 is 5.97 Å². The number of nitrogens with zero attached hydrogens (tertiary/aromatic N) is 1. The van der Waals surface area contributed by atoms with Gasteiger partial charge < -0.3 is 14.7 Å². The maximum Gasteiger partial charge on any atom is 0.335 e. The molecule has 0 radical (unpaired) electrons. The molecule has 0 bridgehead atoms. The molecule has 2 rings (SSSR count). The second-order valence-corrected chi connectivity index (χ2v) is 4.51. The minimum Gasteiger partial charge on any atom is -0.479 e. The van der Waals surface area contributed by atoms with Gasteiger partial charge in [-0.2, -0.15) is 0 Å². The lowest BCUT2D eigenvalue weighted by atomic mass is 10.1. The summed E-state index contributed by atoms with van der Waals surface area (Å²) in [6, 6.07) is 3.11. The van der Waals surface area contributed by atoms with Crippen molar-refractivity contribution in [3.05, 3.63) is 22.4 Å². The molecule has 0 aliphatic carbocycles. The van der Waals surface area contributed by atoms with Crippen LogP contribution in [0.4, 0.5) is 0 Å². The molecule has 16 heavy (non-hydrogen) atoms. The Bertz CT molecular complexity index is 403. The van der Waals surface area contributed by atoms with E-state index in [9.17, 15) is 9.59 Å². The summed E-state index contributed by atoms with van der Waals surface area (Å²) in [4.78, 5) is 24.8. The van der Waals surface area contributed by atoms with Crippen molar-refractivity contribution in [1.82, 2.24) is 4.90 Å². The normalized spacial score (nSPS) is 25.8. The molecule has 0 saturated carbocycles. The SMILES string of the molecule is CN1C(=O)CO[C@H](C(=O)O)[C@H]1c1cccs1. The van der Waals surface area contributed by atoms with Crippen molar-refractivity contribution in [2.75, 3.05) is 13.7 Å². The van der Waals surface area contributed by atoms with Crippen LogP contribution in [-0.4, -0.2) is 41.6 Å². The largest absolute Gasteiger partial charge is 0.479 e. The Morgan fingerprint density at radius 3 is 3.00 bits per heavy atom. The predicted molar refractivity (Wildman–Crippen MR) is 57.2 cm³/mol. The lowest BCUT2D eigenvalue weighted by molar-refractivity contribution is -0.171. The van der Waals surface area contributed by atoms with E-state index in [1.165, 1.54) is 16.2 Å². The first-order valence-corrected chi connectivity index (χ1v) is 5.62. The highest BCUT2D eigenvalue weighted by Crippen LogP contribution is 2.31. The highest BCUT2D eigenvalue weighted by Gasteiger charge is 2.40. The van der Waals surface area contributed by atoms with E-state index in [4.69, 9.17) is 9.84 Å².